The Morgan fingerprint density at radius 3 is 2.32 bits per heavy atom. The van der Waals surface area contributed by atoms with Crippen LogP contribution < -0.4 is 5.32 Å². The van der Waals surface area contributed by atoms with Crippen molar-refractivity contribution in [2.75, 3.05) is 27.4 Å². The zero-order valence-corrected chi connectivity index (χ0v) is 12.1. The number of hydrogen-bond acceptors (Lipinski definition) is 3. The topological polar surface area (TPSA) is 30.5 Å². The normalized spacial score (nSPS) is 16.5. The van der Waals surface area contributed by atoms with E-state index in [1.54, 1.807) is 14.2 Å². The average molecular weight is 263 g/mol. The van der Waals surface area contributed by atoms with Gasteiger partial charge in [-0.25, -0.2) is 0 Å². The van der Waals surface area contributed by atoms with Gasteiger partial charge in [-0.05, 0) is 35.8 Å². The van der Waals surface area contributed by atoms with E-state index >= 15 is 0 Å². The van der Waals surface area contributed by atoms with E-state index in [1.807, 2.05) is 0 Å². The first-order chi connectivity index (χ1) is 9.28. The lowest BCUT2D eigenvalue weighted by molar-refractivity contribution is 0.171. The van der Waals surface area contributed by atoms with Gasteiger partial charge in [-0.2, -0.15) is 0 Å². The van der Waals surface area contributed by atoms with Gasteiger partial charge >= 0.3 is 0 Å². The molecule has 0 bridgehead atoms. The van der Waals surface area contributed by atoms with E-state index in [0.29, 0.717) is 12.0 Å². The molecule has 0 amide bonds. The SMILES string of the molecule is COCCC1(CNCc2ccc(COC)cc2)CC1. The van der Waals surface area contributed by atoms with Crippen LogP contribution in [0.4, 0.5) is 0 Å². The van der Waals surface area contributed by atoms with Gasteiger partial charge in [0, 0.05) is 33.9 Å². The predicted molar refractivity (Wildman–Crippen MR) is 77.0 cm³/mol. The number of ether oxygens (including phenoxy) is 2. The molecular weight excluding hydrogens is 238 g/mol. The monoisotopic (exact) mass is 263 g/mol. The second-order valence-corrected chi connectivity index (χ2v) is 5.60. The van der Waals surface area contributed by atoms with Crippen molar-refractivity contribution in [3.63, 3.8) is 0 Å². The number of hydrogen-bond donors (Lipinski definition) is 1. The van der Waals surface area contributed by atoms with E-state index in [2.05, 4.69) is 29.6 Å². The number of methoxy groups -OCH3 is 2. The predicted octanol–water partition coefficient (Wildman–Crippen LogP) is 2.74. The van der Waals surface area contributed by atoms with Crippen LogP contribution in [-0.2, 0) is 22.6 Å². The van der Waals surface area contributed by atoms with Crippen molar-refractivity contribution in [3.8, 4) is 0 Å². The van der Waals surface area contributed by atoms with Crippen LogP contribution in [0, 0.1) is 5.41 Å². The summed E-state index contributed by atoms with van der Waals surface area (Å²) in [7, 11) is 3.51. The van der Waals surface area contributed by atoms with Gasteiger partial charge in [0.25, 0.3) is 0 Å². The van der Waals surface area contributed by atoms with Crippen molar-refractivity contribution in [1.29, 1.82) is 0 Å². The highest BCUT2D eigenvalue weighted by Crippen LogP contribution is 2.48. The maximum Gasteiger partial charge on any atom is 0.0713 e. The summed E-state index contributed by atoms with van der Waals surface area (Å²) in [6.07, 6.45) is 3.87. The van der Waals surface area contributed by atoms with Gasteiger partial charge in [-0.3, -0.25) is 0 Å². The van der Waals surface area contributed by atoms with Crippen LogP contribution >= 0.6 is 0 Å². The van der Waals surface area contributed by atoms with Crippen LogP contribution in [0.15, 0.2) is 24.3 Å². The van der Waals surface area contributed by atoms with Gasteiger partial charge in [0.1, 0.15) is 0 Å². The Morgan fingerprint density at radius 1 is 1.05 bits per heavy atom. The highest BCUT2D eigenvalue weighted by atomic mass is 16.5. The standard InChI is InChI=1S/C16H25NO2/c1-18-10-9-16(7-8-16)13-17-11-14-3-5-15(6-4-14)12-19-2/h3-6,17H,7-13H2,1-2H3. The van der Waals surface area contributed by atoms with E-state index in [1.165, 1.54) is 30.4 Å². The maximum absolute atomic E-state index is 5.18. The zero-order chi connectivity index (χ0) is 13.6. The van der Waals surface area contributed by atoms with Gasteiger partial charge in [0.05, 0.1) is 6.61 Å². The minimum absolute atomic E-state index is 0.520. The molecule has 1 aromatic carbocycles. The lowest BCUT2D eigenvalue weighted by Crippen LogP contribution is -2.24. The van der Waals surface area contributed by atoms with Crippen molar-refractivity contribution in [1.82, 2.24) is 5.32 Å². The van der Waals surface area contributed by atoms with E-state index in [0.717, 1.165) is 19.7 Å². The summed E-state index contributed by atoms with van der Waals surface area (Å²) in [6.45, 7) is 3.62. The Labute approximate surface area is 116 Å². The first-order valence-electron chi connectivity index (χ1n) is 7.04. The van der Waals surface area contributed by atoms with Crippen molar-refractivity contribution < 1.29 is 9.47 Å². The summed E-state index contributed by atoms with van der Waals surface area (Å²) >= 11 is 0. The number of nitrogens with one attached hydrogen (secondary N) is 1. The molecule has 1 N–H and O–H groups in total. The minimum Gasteiger partial charge on any atom is -0.385 e. The quantitative estimate of drug-likeness (QED) is 0.743. The summed E-state index contributed by atoms with van der Waals surface area (Å²) in [5.74, 6) is 0. The summed E-state index contributed by atoms with van der Waals surface area (Å²) in [4.78, 5) is 0. The van der Waals surface area contributed by atoms with E-state index in [4.69, 9.17) is 9.47 Å². The lowest BCUT2D eigenvalue weighted by atomic mass is 10.0. The van der Waals surface area contributed by atoms with Gasteiger partial charge in [0.2, 0.25) is 0 Å². The third-order valence-electron chi connectivity index (χ3n) is 3.96. The minimum atomic E-state index is 0.520. The molecule has 19 heavy (non-hydrogen) atoms. The molecule has 0 saturated heterocycles. The molecule has 0 aliphatic heterocycles. The largest absolute Gasteiger partial charge is 0.385 e. The van der Waals surface area contributed by atoms with Crippen molar-refractivity contribution >= 4 is 0 Å². The molecule has 0 spiro atoms. The molecule has 2 rings (SSSR count). The smallest absolute Gasteiger partial charge is 0.0713 e. The summed E-state index contributed by atoms with van der Waals surface area (Å²) in [5, 5.41) is 3.58. The van der Waals surface area contributed by atoms with Crippen LogP contribution in [-0.4, -0.2) is 27.4 Å². The van der Waals surface area contributed by atoms with Crippen molar-refractivity contribution in [2.45, 2.75) is 32.4 Å². The zero-order valence-electron chi connectivity index (χ0n) is 12.1. The van der Waals surface area contributed by atoms with Crippen LogP contribution in [0.2, 0.25) is 0 Å². The van der Waals surface area contributed by atoms with Crippen LogP contribution in [0.5, 0.6) is 0 Å². The third-order valence-corrected chi connectivity index (χ3v) is 3.96. The van der Waals surface area contributed by atoms with Gasteiger partial charge in [-0.15, -0.1) is 0 Å². The maximum atomic E-state index is 5.18. The molecule has 0 unspecified atom stereocenters. The fourth-order valence-corrected chi connectivity index (χ4v) is 2.40. The molecule has 0 radical (unpaired) electrons. The molecule has 3 heteroatoms. The fourth-order valence-electron chi connectivity index (χ4n) is 2.40. The molecule has 1 aromatic rings. The van der Waals surface area contributed by atoms with Gasteiger partial charge < -0.3 is 14.8 Å². The Morgan fingerprint density at radius 2 is 1.74 bits per heavy atom. The lowest BCUT2D eigenvalue weighted by Gasteiger charge is -2.15. The van der Waals surface area contributed by atoms with E-state index in [-0.39, 0.29) is 0 Å². The van der Waals surface area contributed by atoms with Crippen molar-refractivity contribution in [3.05, 3.63) is 35.4 Å². The highest BCUT2D eigenvalue weighted by molar-refractivity contribution is 5.22. The molecule has 0 aromatic heterocycles. The summed E-state index contributed by atoms with van der Waals surface area (Å²) in [6, 6.07) is 8.63. The third kappa shape index (κ3) is 4.60. The van der Waals surface area contributed by atoms with Gasteiger partial charge in [0.15, 0.2) is 0 Å². The Balaban J connectivity index is 1.70. The van der Waals surface area contributed by atoms with Crippen molar-refractivity contribution in [2.24, 2.45) is 5.41 Å². The average Bonchev–Trinajstić information content (AvgIpc) is 3.19. The molecular formula is C16H25NO2. The Kier molecular flexibility index (Phi) is 5.37. The van der Waals surface area contributed by atoms with Crippen LogP contribution in [0.3, 0.4) is 0 Å². The fraction of sp³-hybridized carbons (Fsp3) is 0.625. The molecule has 1 aliphatic carbocycles. The first kappa shape index (κ1) is 14.5. The summed E-state index contributed by atoms with van der Waals surface area (Å²) < 4.78 is 10.3. The summed E-state index contributed by atoms with van der Waals surface area (Å²) in [5.41, 5.74) is 3.08. The molecule has 106 valence electrons. The van der Waals surface area contributed by atoms with Gasteiger partial charge in [-0.1, -0.05) is 24.3 Å². The van der Waals surface area contributed by atoms with Crippen LogP contribution in [0.25, 0.3) is 0 Å². The molecule has 1 saturated carbocycles. The Hall–Kier alpha value is -0.900. The second kappa shape index (κ2) is 7.04. The molecule has 0 atom stereocenters. The van der Waals surface area contributed by atoms with Crippen LogP contribution in [0.1, 0.15) is 30.4 Å². The second-order valence-electron chi connectivity index (χ2n) is 5.60. The number of benzene rings is 1. The Bertz CT molecular complexity index is 371. The molecule has 1 aliphatic rings. The van der Waals surface area contributed by atoms with E-state index < -0.39 is 0 Å². The highest BCUT2D eigenvalue weighted by Gasteiger charge is 2.41. The molecule has 3 nitrogen and oxygen atoms in total. The number of rotatable bonds is 9. The molecule has 0 heterocycles. The molecule has 1 fully saturated rings. The first-order valence-corrected chi connectivity index (χ1v) is 7.04. The van der Waals surface area contributed by atoms with E-state index in [9.17, 15) is 0 Å².